The SMILES string of the molecule is CC(CC(=O)Nc1ccc(CC(=O)N(C)c2ccccc2)cc1)C1CCNCC1.Cl. The molecule has 6 heteroatoms. The average Bonchev–Trinajstić information content (AvgIpc) is 2.75. The summed E-state index contributed by atoms with van der Waals surface area (Å²) < 4.78 is 0. The number of nitrogens with zero attached hydrogens (tertiary/aromatic N) is 1. The van der Waals surface area contributed by atoms with Gasteiger partial charge in [-0.1, -0.05) is 37.3 Å². The third-order valence-electron chi connectivity index (χ3n) is 5.81. The summed E-state index contributed by atoms with van der Waals surface area (Å²) >= 11 is 0. The van der Waals surface area contributed by atoms with Gasteiger partial charge in [0.05, 0.1) is 6.42 Å². The first kappa shape index (κ1) is 23.9. The molecule has 2 amide bonds. The van der Waals surface area contributed by atoms with Crippen molar-refractivity contribution in [2.24, 2.45) is 11.8 Å². The largest absolute Gasteiger partial charge is 0.326 e. The Labute approximate surface area is 185 Å². The minimum absolute atomic E-state index is 0. The maximum absolute atomic E-state index is 12.5. The Morgan fingerprint density at radius 3 is 2.33 bits per heavy atom. The molecule has 30 heavy (non-hydrogen) atoms. The molecule has 1 unspecified atom stereocenters. The number of nitrogens with one attached hydrogen (secondary N) is 2. The third-order valence-corrected chi connectivity index (χ3v) is 5.81. The number of para-hydroxylation sites is 1. The van der Waals surface area contributed by atoms with Crippen LogP contribution in [0.4, 0.5) is 11.4 Å². The molecular formula is C24H32ClN3O2. The Morgan fingerprint density at radius 2 is 1.70 bits per heavy atom. The zero-order chi connectivity index (χ0) is 20.6. The zero-order valence-electron chi connectivity index (χ0n) is 17.8. The number of carbonyl (C=O) groups excluding carboxylic acids is 2. The summed E-state index contributed by atoms with van der Waals surface area (Å²) in [4.78, 5) is 26.6. The first-order valence-electron chi connectivity index (χ1n) is 10.4. The molecule has 0 radical (unpaired) electrons. The second-order valence-electron chi connectivity index (χ2n) is 7.98. The van der Waals surface area contributed by atoms with Gasteiger partial charge < -0.3 is 15.5 Å². The summed E-state index contributed by atoms with van der Waals surface area (Å²) in [7, 11) is 1.79. The minimum atomic E-state index is 0. The number of hydrogen-bond donors (Lipinski definition) is 2. The highest BCUT2D eigenvalue weighted by Gasteiger charge is 2.22. The lowest BCUT2D eigenvalue weighted by atomic mass is 9.84. The molecule has 1 saturated heterocycles. The van der Waals surface area contributed by atoms with Gasteiger partial charge in [0.15, 0.2) is 0 Å². The van der Waals surface area contributed by atoms with E-state index in [0.29, 0.717) is 24.7 Å². The molecule has 1 fully saturated rings. The molecule has 3 rings (SSSR count). The number of likely N-dealkylation sites (N-methyl/N-ethyl adjacent to an activating group) is 1. The van der Waals surface area contributed by atoms with Crippen LogP contribution >= 0.6 is 12.4 Å². The number of rotatable bonds is 7. The van der Waals surface area contributed by atoms with Crippen LogP contribution in [0, 0.1) is 11.8 Å². The lowest BCUT2D eigenvalue weighted by Gasteiger charge is -2.27. The molecule has 2 N–H and O–H groups in total. The number of halogens is 1. The average molecular weight is 430 g/mol. The molecule has 162 valence electrons. The lowest BCUT2D eigenvalue weighted by molar-refractivity contribution is -0.118. The van der Waals surface area contributed by atoms with E-state index in [2.05, 4.69) is 17.6 Å². The van der Waals surface area contributed by atoms with Gasteiger partial charge in [-0.25, -0.2) is 0 Å². The van der Waals surface area contributed by atoms with E-state index in [1.807, 2.05) is 54.6 Å². The van der Waals surface area contributed by atoms with E-state index in [1.54, 1.807) is 11.9 Å². The van der Waals surface area contributed by atoms with Crippen LogP contribution in [0.3, 0.4) is 0 Å². The van der Waals surface area contributed by atoms with E-state index in [1.165, 1.54) is 0 Å². The lowest BCUT2D eigenvalue weighted by Crippen LogP contribution is -2.32. The van der Waals surface area contributed by atoms with Gasteiger partial charge in [0, 0.05) is 24.8 Å². The molecule has 1 aliphatic heterocycles. The summed E-state index contributed by atoms with van der Waals surface area (Å²) in [5, 5.41) is 6.36. The first-order chi connectivity index (χ1) is 14.0. The number of amides is 2. The number of carbonyl (C=O) groups is 2. The first-order valence-corrected chi connectivity index (χ1v) is 10.4. The Morgan fingerprint density at radius 1 is 1.07 bits per heavy atom. The van der Waals surface area contributed by atoms with Gasteiger partial charge in [-0.2, -0.15) is 0 Å². The fourth-order valence-electron chi connectivity index (χ4n) is 3.88. The molecule has 0 bridgehead atoms. The topological polar surface area (TPSA) is 61.4 Å². The number of piperidine rings is 1. The van der Waals surface area contributed by atoms with Crippen LogP contribution in [0.2, 0.25) is 0 Å². The Balaban J connectivity index is 0.00000320. The monoisotopic (exact) mass is 429 g/mol. The Bertz CT molecular complexity index is 805. The van der Waals surface area contributed by atoms with Crippen LogP contribution in [0.25, 0.3) is 0 Å². The standard InChI is InChI=1S/C24H31N3O2.ClH/c1-18(20-12-14-25-15-13-20)16-23(28)26-21-10-8-19(9-11-21)17-24(29)27(2)22-6-4-3-5-7-22;/h3-11,18,20,25H,12-17H2,1-2H3,(H,26,28);1H. The third kappa shape index (κ3) is 6.85. The van der Waals surface area contributed by atoms with Gasteiger partial charge in [-0.15, -0.1) is 12.4 Å². The Kier molecular flexibility index (Phi) is 9.34. The molecule has 0 spiro atoms. The summed E-state index contributed by atoms with van der Waals surface area (Å²) in [6, 6.07) is 17.2. The predicted octanol–water partition coefficient (Wildman–Crippen LogP) is 4.28. The van der Waals surface area contributed by atoms with Crippen molar-refractivity contribution in [1.29, 1.82) is 0 Å². The molecule has 5 nitrogen and oxygen atoms in total. The Hall–Kier alpha value is -2.37. The molecule has 1 atom stereocenters. The maximum atomic E-state index is 12.5. The van der Waals surface area contributed by atoms with Crippen molar-refractivity contribution in [3.63, 3.8) is 0 Å². The maximum Gasteiger partial charge on any atom is 0.231 e. The van der Waals surface area contributed by atoms with Gasteiger partial charge >= 0.3 is 0 Å². The summed E-state index contributed by atoms with van der Waals surface area (Å²) in [5.74, 6) is 1.10. The van der Waals surface area contributed by atoms with Crippen molar-refractivity contribution in [2.75, 3.05) is 30.4 Å². The normalized spacial score (nSPS) is 15.0. The van der Waals surface area contributed by atoms with Crippen molar-refractivity contribution in [3.05, 3.63) is 60.2 Å². The second-order valence-corrected chi connectivity index (χ2v) is 7.98. The predicted molar refractivity (Wildman–Crippen MR) is 125 cm³/mol. The number of anilines is 2. The van der Waals surface area contributed by atoms with E-state index in [4.69, 9.17) is 0 Å². The highest BCUT2D eigenvalue weighted by Crippen LogP contribution is 2.25. The highest BCUT2D eigenvalue weighted by molar-refractivity contribution is 5.94. The van der Waals surface area contributed by atoms with Crippen molar-refractivity contribution < 1.29 is 9.59 Å². The molecule has 1 heterocycles. The summed E-state index contributed by atoms with van der Waals surface area (Å²) in [6.07, 6.45) is 3.17. The highest BCUT2D eigenvalue weighted by atomic mass is 35.5. The van der Waals surface area contributed by atoms with Gasteiger partial charge in [0.2, 0.25) is 11.8 Å². The van der Waals surface area contributed by atoms with Crippen LogP contribution in [0.5, 0.6) is 0 Å². The molecule has 1 aliphatic rings. The molecule has 0 aliphatic carbocycles. The quantitative estimate of drug-likeness (QED) is 0.690. The number of hydrogen-bond acceptors (Lipinski definition) is 3. The van der Waals surface area contributed by atoms with E-state index in [-0.39, 0.29) is 24.2 Å². The van der Waals surface area contributed by atoms with Crippen LogP contribution in [0.1, 0.15) is 31.7 Å². The second kappa shape index (κ2) is 11.7. The van der Waals surface area contributed by atoms with Crippen LogP contribution in [0.15, 0.2) is 54.6 Å². The molecular weight excluding hydrogens is 398 g/mol. The number of benzene rings is 2. The van der Waals surface area contributed by atoms with E-state index in [9.17, 15) is 9.59 Å². The summed E-state index contributed by atoms with van der Waals surface area (Å²) in [6.45, 7) is 4.28. The van der Waals surface area contributed by atoms with Crippen LogP contribution < -0.4 is 15.5 Å². The molecule has 2 aromatic carbocycles. The van der Waals surface area contributed by atoms with E-state index < -0.39 is 0 Å². The fourth-order valence-corrected chi connectivity index (χ4v) is 3.88. The van der Waals surface area contributed by atoms with Crippen molar-refractivity contribution in [2.45, 2.75) is 32.6 Å². The van der Waals surface area contributed by atoms with E-state index >= 15 is 0 Å². The fraction of sp³-hybridized carbons (Fsp3) is 0.417. The van der Waals surface area contributed by atoms with E-state index in [0.717, 1.165) is 42.9 Å². The molecule has 0 aromatic heterocycles. The van der Waals surface area contributed by atoms with Gasteiger partial charge in [0.1, 0.15) is 0 Å². The van der Waals surface area contributed by atoms with Gasteiger partial charge in [-0.3, -0.25) is 9.59 Å². The van der Waals surface area contributed by atoms with Crippen LogP contribution in [-0.4, -0.2) is 32.0 Å². The molecule has 0 saturated carbocycles. The van der Waals surface area contributed by atoms with Crippen molar-refractivity contribution >= 4 is 35.6 Å². The minimum Gasteiger partial charge on any atom is -0.326 e. The van der Waals surface area contributed by atoms with Crippen molar-refractivity contribution in [3.8, 4) is 0 Å². The van der Waals surface area contributed by atoms with Gasteiger partial charge in [0.25, 0.3) is 0 Å². The van der Waals surface area contributed by atoms with Crippen molar-refractivity contribution in [1.82, 2.24) is 5.32 Å². The van der Waals surface area contributed by atoms with Crippen LogP contribution in [-0.2, 0) is 16.0 Å². The smallest absolute Gasteiger partial charge is 0.231 e. The van der Waals surface area contributed by atoms with Gasteiger partial charge in [-0.05, 0) is 67.6 Å². The zero-order valence-corrected chi connectivity index (χ0v) is 18.6. The summed E-state index contributed by atoms with van der Waals surface area (Å²) in [5.41, 5.74) is 2.59. The molecule has 2 aromatic rings.